The number of hydrogen-bond donors (Lipinski definition) is 1. The van der Waals surface area contributed by atoms with Crippen molar-refractivity contribution in [3.63, 3.8) is 0 Å². The Balaban J connectivity index is 2.16. The Labute approximate surface area is 124 Å². The molecule has 0 saturated carbocycles. The molecule has 2 aromatic rings. The standard InChI is InChI=1S/C16H20ClNS/c1-11(2)16(15-9-6-10-19-15)18-12(3)13-7-4-5-8-14(13)17/h4-12,16,18H,1-3H3/t12-,16?/m0/s1. The molecule has 1 nitrogen and oxygen atoms in total. The predicted octanol–water partition coefficient (Wildman–Crippen LogP) is 5.45. The minimum atomic E-state index is 0.239. The summed E-state index contributed by atoms with van der Waals surface area (Å²) in [6.45, 7) is 6.66. The van der Waals surface area contributed by atoms with Crippen LogP contribution in [0.2, 0.25) is 5.02 Å². The summed E-state index contributed by atoms with van der Waals surface area (Å²) in [6.07, 6.45) is 0. The van der Waals surface area contributed by atoms with E-state index in [-0.39, 0.29) is 6.04 Å². The van der Waals surface area contributed by atoms with Gasteiger partial charge in [0.2, 0.25) is 0 Å². The second kappa shape index (κ2) is 6.56. The number of thiophene rings is 1. The normalized spacial score (nSPS) is 14.6. The monoisotopic (exact) mass is 293 g/mol. The fourth-order valence-electron chi connectivity index (χ4n) is 2.26. The molecule has 2 rings (SSSR count). The van der Waals surface area contributed by atoms with Crippen LogP contribution < -0.4 is 5.32 Å². The van der Waals surface area contributed by atoms with Gasteiger partial charge in [-0.05, 0) is 35.9 Å². The first-order chi connectivity index (χ1) is 9.09. The van der Waals surface area contributed by atoms with Gasteiger partial charge in [-0.25, -0.2) is 0 Å². The number of halogens is 1. The minimum absolute atomic E-state index is 0.239. The van der Waals surface area contributed by atoms with Crippen LogP contribution in [0.4, 0.5) is 0 Å². The lowest BCUT2D eigenvalue weighted by Crippen LogP contribution is -2.28. The Morgan fingerprint density at radius 2 is 1.79 bits per heavy atom. The summed E-state index contributed by atoms with van der Waals surface area (Å²) >= 11 is 8.07. The third kappa shape index (κ3) is 3.59. The molecule has 1 N–H and O–H groups in total. The summed E-state index contributed by atoms with van der Waals surface area (Å²) in [6, 6.07) is 13.0. The van der Waals surface area contributed by atoms with Gasteiger partial charge in [0.15, 0.2) is 0 Å². The fourth-order valence-corrected chi connectivity index (χ4v) is 3.51. The molecule has 19 heavy (non-hydrogen) atoms. The van der Waals surface area contributed by atoms with Crippen molar-refractivity contribution in [3.05, 3.63) is 57.2 Å². The molecule has 1 aromatic carbocycles. The SMILES string of the molecule is CC(C)C(N[C@@H](C)c1ccccc1Cl)c1cccs1. The molecule has 0 aliphatic rings. The van der Waals surface area contributed by atoms with E-state index in [2.05, 4.69) is 49.7 Å². The van der Waals surface area contributed by atoms with Gasteiger partial charge in [-0.3, -0.25) is 0 Å². The second-order valence-electron chi connectivity index (χ2n) is 5.15. The van der Waals surface area contributed by atoms with Gasteiger partial charge in [0, 0.05) is 22.0 Å². The predicted molar refractivity (Wildman–Crippen MR) is 84.9 cm³/mol. The van der Waals surface area contributed by atoms with E-state index in [1.165, 1.54) is 4.88 Å². The van der Waals surface area contributed by atoms with E-state index in [1.807, 2.05) is 18.2 Å². The molecule has 0 saturated heterocycles. The Morgan fingerprint density at radius 3 is 2.37 bits per heavy atom. The minimum Gasteiger partial charge on any atom is -0.302 e. The van der Waals surface area contributed by atoms with Crippen LogP contribution in [-0.2, 0) is 0 Å². The highest BCUT2D eigenvalue weighted by Gasteiger charge is 2.20. The number of hydrogen-bond acceptors (Lipinski definition) is 2. The molecule has 0 spiro atoms. The van der Waals surface area contributed by atoms with E-state index in [0.29, 0.717) is 12.0 Å². The summed E-state index contributed by atoms with van der Waals surface area (Å²) in [5.74, 6) is 0.545. The highest BCUT2D eigenvalue weighted by molar-refractivity contribution is 7.10. The highest BCUT2D eigenvalue weighted by Crippen LogP contribution is 2.30. The van der Waals surface area contributed by atoms with Crippen LogP contribution in [0, 0.1) is 5.92 Å². The Morgan fingerprint density at radius 1 is 1.05 bits per heavy atom. The molecule has 102 valence electrons. The molecule has 1 aromatic heterocycles. The third-order valence-corrected chi connectivity index (χ3v) is 4.62. The van der Waals surface area contributed by atoms with Gasteiger partial charge in [0.05, 0.1) is 0 Å². The van der Waals surface area contributed by atoms with Gasteiger partial charge in [-0.1, -0.05) is 49.7 Å². The van der Waals surface area contributed by atoms with Gasteiger partial charge in [0.25, 0.3) is 0 Å². The van der Waals surface area contributed by atoms with Crippen LogP contribution in [-0.4, -0.2) is 0 Å². The maximum atomic E-state index is 6.27. The van der Waals surface area contributed by atoms with Crippen molar-refractivity contribution in [2.75, 3.05) is 0 Å². The van der Waals surface area contributed by atoms with E-state index in [9.17, 15) is 0 Å². The zero-order chi connectivity index (χ0) is 13.8. The van der Waals surface area contributed by atoms with Crippen LogP contribution in [0.1, 0.15) is 43.3 Å². The van der Waals surface area contributed by atoms with Gasteiger partial charge >= 0.3 is 0 Å². The van der Waals surface area contributed by atoms with Crippen LogP contribution in [0.25, 0.3) is 0 Å². The highest BCUT2D eigenvalue weighted by atomic mass is 35.5. The Hall–Kier alpha value is -0.830. The van der Waals surface area contributed by atoms with Crippen LogP contribution >= 0.6 is 22.9 Å². The summed E-state index contributed by atoms with van der Waals surface area (Å²) < 4.78 is 0. The molecule has 0 aliphatic heterocycles. The zero-order valence-corrected chi connectivity index (χ0v) is 13.1. The van der Waals surface area contributed by atoms with Gasteiger partial charge < -0.3 is 5.32 Å². The van der Waals surface area contributed by atoms with E-state index in [0.717, 1.165) is 10.6 Å². The van der Waals surface area contributed by atoms with Crippen LogP contribution in [0.15, 0.2) is 41.8 Å². The van der Waals surface area contributed by atoms with Crippen molar-refractivity contribution >= 4 is 22.9 Å². The first-order valence-corrected chi connectivity index (χ1v) is 7.89. The van der Waals surface area contributed by atoms with Crippen molar-refractivity contribution < 1.29 is 0 Å². The number of rotatable bonds is 5. The van der Waals surface area contributed by atoms with E-state index < -0.39 is 0 Å². The topological polar surface area (TPSA) is 12.0 Å². The molecule has 0 bridgehead atoms. The maximum Gasteiger partial charge on any atom is 0.0453 e. The Bertz CT molecular complexity index is 507. The fraction of sp³-hybridized carbons (Fsp3) is 0.375. The lowest BCUT2D eigenvalue weighted by Gasteiger charge is -2.26. The second-order valence-corrected chi connectivity index (χ2v) is 6.53. The summed E-state index contributed by atoms with van der Waals surface area (Å²) in [5, 5.41) is 6.66. The molecule has 0 radical (unpaired) electrons. The zero-order valence-electron chi connectivity index (χ0n) is 11.6. The first kappa shape index (κ1) is 14.6. The Kier molecular flexibility index (Phi) is 5.03. The first-order valence-electron chi connectivity index (χ1n) is 6.63. The molecular weight excluding hydrogens is 274 g/mol. The lowest BCUT2D eigenvalue weighted by molar-refractivity contribution is 0.379. The average molecular weight is 294 g/mol. The van der Waals surface area contributed by atoms with Crippen molar-refractivity contribution in [2.24, 2.45) is 5.92 Å². The molecule has 0 aliphatic carbocycles. The van der Waals surface area contributed by atoms with E-state index >= 15 is 0 Å². The summed E-state index contributed by atoms with van der Waals surface area (Å²) in [5.41, 5.74) is 1.16. The molecular formula is C16H20ClNS. The number of benzene rings is 1. The van der Waals surface area contributed by atoms with Crippen molar-refractivity contribution in [1.29, 1.82) is 0 Å². The molecule has 1 unspecified atom stereocenters. The van der Waals surface area contributed by atoms with Crippen LogP contribution in [0.3, 0.4) is 0 Å². The van der Waals surface area contributed by atoms with E-state index in [1.54, 1.807) is 11.3 Å². The number of nitrogens with one attached hydrogen (secondary N) is 1. The smallest absolute Gasteiger partial charge is 0.0453 e. The van der Waals surface area contributed by atoms with E-state index in [4.69, 9.17) is 11.6 Å². The molecule has 1 heterocycles. The maximum absolute atomic E-state index is 6.27. The molecule has 2 atom stereocenters. The lowest BCUT2D eigenvalue weighted by atomic mass is 10.00. The molecule has 3 heteroatoms. The van der Waals surface area contributed by atoms with Gasteiger partial charge in [-0.2, -0.15) is 0 Å². The third-order valence-electron chi connectivity index (χ3n) is 3.32. The van der Waals surface area contributed by atoms with Crippen molar-refractivity contribution in [1.82, 2.24) is 5.32 Å². The van der Waals surface area contributed by atoms with Gasteiger partial charge in [0.1, 0.15) is 0 Å². The van der Waals surface area contributed by atoms with Crippen LogP contribution in [0.5, 0.6) is 0 Å². The molecule has 0 fully saturated rings. The quantitative estimate of drug-likeness (QED) is 0.773. The van der Waals surface area contributed by atoms with Crippen molar-refractivity contribution in [3.8, 4) is 0 Å². The van der Waals surface area contributed by atoms with Gasteiger partial charge in [-0.15, -0.1) is 11.3 Å². The summed E-state index contributed by atoms with van der Waals surface area (Å²) in [4.78, 5) is 1.38. The van der Waals surface area contributed by atoms with Crippen molar-refractivity contribution in [2.45, 2.75) is 32.9 Å². The largest absolute Gasteiger partial charge is 0.302 e. The average Bonchev–Trinajstić information content (AvgIpc) is 2.89. The molecule has 0 amide bonds. The summed E-state index contributed by atoms with van der Waals surface area (Å²) in [7, 11) is 0.